The first-order valence-corrected chi connectivity index (χ1v) is 3.93. The molecule has 0 atom stereocenters. The van der Waals surface area contributed by atoms with E-state index in [2.05, 4.69) is 4.98 Å². The van der Waals surface area contributed by atoms with Crippen LogP contribution in [0, 0.1) is 10.1 Å². The lowest BCUT2D eigenvalue weighted by atomic mass is 10.3. The van der Waals surface area contributed by atoms with Crippen molar-refractivity contribution in [3.63, 3.8) is 0 Å². The van der Waals surface area contributed by atoms with Gasteiger partial charge in [0.2, 0.25) is 5.58 Å². The number of oxazole rings is 1. The molecule has 0 bridgehead atoms. The number of rotatable bonds is 2. The number of aromatic nitrogens is 1. The molecule has 1 aromatic carbocycles. The molecular formula is C8H5N3O4. The lowest BCUT2D eigenvalue weighted by Crippen LogP contribution is -2.10. The first kappa shape index (κ1) is 9.13. The maximum atomic E-state index is 10.7. The molecular weight excluding hydrogens is 202 g/mol. The zero-order chi connectivity index (χ0) is 11.0. The highest BCUT2D eigenvalue weighted by atomic mass is 16.6. The van der Waals surface area contributed by atoms with Gasteiger partial charge in [-0.3, -0.25) is 14.9 Å². The highest BCUT2D eigenvalue weighted by molar-refractivity contribution is 5.92. The number of nitro benzene ring substituents is 1. The minimum Gasteiger partial charge on any atom is -0.425 e. The number of carbonyl (C=O) groups excluding carboxylic acids is 1. The number of fused-ring (bicyclic) bond motifs is 1. The summed E-state index contributed by atoms with van der Waals surface area (Å²) in [5.41, 5.74) is 4.88. The molecule has 1 amide bonds. The second-order valence-corrected chi connectivity index (χ2v) is 2.77. The number of non-ortho nitro benzene ring substituents is 1. The fourth-order valence-electron chi connectivity index (χ4n) is 1.18. The molecule has 2 aromatic rings. The number of amides is 1. The Hall–Kier alpha value is -2.44. The average molecular weight is 207 g/mol. The summed E-state index contributed by atoms with van der Waals surface area (Å²) in [6.07, 6.45) is 0. The average Bonchev–Trinajstić information content (AvgIpc) is 2.60. The van der Waals surface area contributed by atoms with E-state index in [-0.39, 0.29) is 22.7 Å². The molecule has 0 spiro atoms. The molecule has 0 unspecified atom stereocenters. The largest absolute Gasteiger partial charge is 0.425 e. The second kappa shape index (κ2) is 3.05. The number of nitro groups is 1. The van der Waals surface area contributed by atoms with E-state index in [1.54, 1.807) is 0 Å². The molecule has 0 aliphatic heterocycles. The van der Waals surface area contributed by atoms with E-state index in [0.29, 0.717) is 0 Å². The number of hydrogen-bond acceptors (Lipinski definition) is 5. The van der Waals surface area contributed by atoms with Gasteiger partial charge in [0.25, 0.3) is 5.89 Å². The molecule has 0 aliphatic carbocycles. The quantitative estimate of drug-likeness (QED) is 0.578. The van der Waals surface area contributed by atoms with Crippen molar-refractivity contribution in [1.82, 2.24) is 4.98 Å². The summed E-state index contributed by atoms with van der Waals surface area (Å²) < 4.78 is 4.89. The highest BCUT2D eigenvalue weighted by Crippen LogP contribution is 2.25. The Bertz CT molecular complexity index is 560. The van der Waals surface area contributed by atoms with Gasteiger partial charge in [-0.05, 0) is 6.07 Å². The van der Waals surface area contributed by atoms with Gasteiger partial charge in [0.1, 0.15) is 5.52 Å². The second-order valence-electron chi connectivity index (χ2n) is 2.77. The Morgan fingerprint density at radius 1 is 1.53 bits per heavy atom. The number of carbonyl (C=O) groups is 1. The first-order chi connectivity index (χ1) is 7.09. The third-order valence-corrected chi connectivity index (χ3v) is 1.80. The summed E-state index contributed by atoms with van der Waals surface area (Å²) in [6.45, 7) is 0. The van der Waals surface area contributed by atoms with Crippen LogP contribution in [0.25, 0.3) is 11.1 Å². The molecule has 7 heteroatoms. The summed E-state index contributed by atoms with van der Waals surface area (Å²) in [5.74, 6) is -1.19. The van der Waals surface area contributed by atoms with Gasteiger partial charge in [-0.15, -0.1) is 0 Å². The van der Waals surface area contributed by atoms with Crippen molar-refractivity contribution in [2.45, 2.75) is 0 Å². The Kier molecular flexibility index (Phi) is 1.86. The standard InChI is InChI=1S/C8H5N3O4/c9-7(12)8-10-4-2-1-3-5(11(13)14)6(4)15-8/h1-3H,(H2,9,12). The van der Waals surface area contributed by atoms with Crippen molar-refractivity contribution >= 4 is 22.7 Å². The van der Waals surface area contributed by atoms with Crippen molar-refractivity contribution in [3.8, 4) is 0 Å². The van der Waals surface area contributed by atoms with Gasteiger partial charge in [-0.25, -0.2) is 4.98 Å². The Morgan fingerprint density at radius 3 is 2.87 bits per heavy atom. The predicted molar refractivity (Wildman–Crippen MR) is 49.2 cm³/mol. The third kappa shape index (κ3) is 1.39. The molecule has 15 heavy (non-hydrogen) atoms. The summed E-state index contributed by atoms with van der Waals surface area (Å²) in [5, 5.41) is 10.6. The van der Waals surface area contributed by atoms with Gasteiger partial charge in [0.15, 0.2) is 0 Å². The number of para-hydroxylation sites is 1. The minimum absolute atomic E-state index is 0.0451. The number of benzene rings is 1. The van der Waals surface area contributed by atoms with Crippen LogP contribution in [0.15, 0.2) is 22.6 Å². The van der Waals surface area contributed by atoms with E-state index in [0.717, 1.165) is 0 Å². The zero-order valence-corrected chi connectivity index (χ0v) is 7.34. The molecule has 2 rings (SSSR count). The molecule has 1 aromatic heterocycles. The van der Waals surface area contributed by atoms with Crippen LogP contribution in [0.3, 0.4) is 0 Å². The molecule has 0 aliphatic rings. The number of nitrogens with two attached hydrogens (primary N) is 1. The third-order valence-electron chi connectivity index (χ3n) is 1.80. The maximum Gasteiger partial charge on any atom is 0.313 e. The Morgan fingerprint density at radius 2 is 2.27 bits per heavy atom. The van der Waals surface area contributed by atoms with Crippen molar-refractivity contribution < 1.29 is 14.1 Å². The van der Waals surface area contributed by atoms with Crippen LogP contribution in [-0.2, 0) is 0 Å². The molecule has 76 valence electrons. The number of hydrogen-bond donors (Lipinski definition) is 1. The lowest BCUT2D eigenvalue weighted by Gasteiger charge is -1.89. The van der Waals surface area contributed by atoms with Crippen molar-refractivity contribution in [3.05, 3.63) is 34.2 Å². The summed E-state index contributed by atoms with van der Waals surface area (Å²) in [4.78, 5) is 24.4. The number of nitrogens with zero attached hydrogens (tertiary/aromatic N) is 2. The lowest BCUT2D eigenvalue weighted by molar-refractivity contribution is -0.383. The molecule has 2 N–H and O–H groups in total. The fourth-order valence-corrected chi connectivity index (χ4v) is 1.18. The van der Waals surface area contributed by atoms with Crippen molar-refractivity contribution in [2.24, 2.45) is 5.73 Å². The van der Waals surface area contributed by atoms with Gasteiger partial charge in [0, 0.05) is 6.07 Å². The van der Waals surface area contributed by atoms with Gasteiger partial charge in [0.05, 0.1) is 4.92 Å². The van der Waals surface area contributed by atoms with Gasteiger partial charge >= 0.3 is 11.6 Å². The van der Waals surface area contributed by atoms with Crippen LogP contribution in [0.2, 0.25) is 0 Å². The number of primary amides is 1. The SMILES string of the molecule is NC(=O)c1nc2cccc([N+](=O)[O-])c2o1. The molecule has 0 saturated carbocycles. The van der Waals surface area contributed by atoms with Gasteiger partial charge in [-0.2, -0.15) is 0 Å². The van der Waals surface area contributed by atoms with E-state index in [9.17, 15) is 14.9 Å². The summed E-state index contributed by atoms with van der Waals surface area (Å²) in [6, 6.07) is 4.21. The van der Waals surface area contributed by atoms with E-state index in [1.807, 2.05) is 0 Å². The van der Waals surface area contributed by atoms with Crippen LogP contribution >= 0.6 is 0 Å². The van der Waals surface area contributed by atoms with Gasteiger partial charge in [-0.1, -0.05) is 6.07 Å². The van der Waals surface area contributed by atoms with Gasteiger partial charge < -0.3 is 10.2 Å². The van der Waals surface area contributed by atoms with Crippen LogP contribution < -0.4 is 5.73 Å². The first-order valence-electron chi connectivity index (χ1n) is 3.93. The monoisotopic (exact) mass is 207 g/mol. The smallest absolute Gasteiger partial charge is 0.313 e. The van der Waals surface area contributed by atoms with Crippen molar-refractivity contribution in [1.29, 1.82) is 0 Å². The molecule has 0 fully saturated rings. The predicted octanol–water partition coefficient (Wildman–Crippen LogP) is 0.835. The van der Waals surface area contributed by atoms with Crippen LogP contribution in [0.4, 0.5) is 5.69 Å². The minimum atomic E-state index is -0.861. The Labute approximate surface area is 82.6 Å². The van der Waals surface area contributed by atoms with Crippen LogP contribution in [0.1, 0.15) is 10.7 Å². The summed E-state index contributed by atoms with van der Waals surface area (Å²) >= 11 is 0. The Balaban J connectivity index is 2.75. The highest BCUT2D eigenvalue weighted by Gasteiger charge is 2.19. The topological polar surface area (TPSA) is 112 Å². The molecule has 0 radical (unpaired) electrons. The van der Waals surface area contributed by atoms with E-state index < -0.39 is 10.8 Å². The maximum absolute atomic E-state index is 10.7. The summed E-state index contributed by atoms with van der Waals surface area (Å²) in [7, 11) is 0. The van der Waals surface area contributed by atoms with Crippen molar-refractivity contribution in [2.75, 3.05) is 0 Å². The molecule has 0 saturated heterocycles. The van der Waals surface area contributed by atoms with Crippen LogP contribution in [-0.4, -0.2) is 15.8 Å². The van der Waals surface area contributed by atoms with E-state index >= 15 is 0 Å². The zero-order valence-electron chi connectivity index (χ0n) is 7.34. The fraction of sp³-hybridized carbons (Fsp3) is 0. The van der Waals surface area contributed by atoms with Crippen LogP contribution in [0.5, 0.6) is 0 Å². The van der Waals surface area contributed by atoms with E-state index in [4.69, 9.17) is 10.2 Å². The molecule has 1 heterocycles. The molecule has 7 nitrogen and oxygen atoms in total. The normalized spacial score (nSPS) is 10.4. The van der Waals surface area contributed by atoms with E-state index in [1.165, 1.54) is 18.2 Å².